The molecule has 142 valence electrons. The number of hydrogen-bond donors (Lipinski definition) is 0. The van der Waals surface area contributed by atoms with E-state index < -0.39 is 14.9 Å². The molecule has 2 atom stereocenters. The van der Waals surface area contributed by atoms with Crippen LogP contribution in [0.3, 0.4) is 0 Å². The number of benzene rings is 1. The van der Waals surface area contributed by atoms with E-state index in [-0.39, 0.29) is 22.7 Å². The van der Waals surface area contributed by atoms with Crippen molar-refractivity contribution in [2.45, 2.75) is 62.4 Å². The molecule has 0 radical (unpaired) electrons. The van der Waals surface area contributed by atoms with Crippen molar-refractivity contribution in [3.63, 3.8) is 0 Å². The highest BCUT2D eigenvalue weighted by Crippen LogP contribution is 2.33. The van der Waals surface area contributed by atoms with Gasteiger partial charge in [0.05, 0.1) is 4.92 Å². The van der Waals surface area contributed by atoms with Gasteiger partial charge < -0.3 is 0 Å². The third-order valence-corrected chi connectivity index (χ3v) is 6.62. The van der Waals surface area contributed by atoms with E-state index in [4.69, 9.17) is 0 Å². The van der Waals surface area contributed by atoms with E-state index in [2.05, 4.69) is 6.58 Å². The molecular weight excluding hydrogens is 352 g/mol. The van der Waals surface area contributed by atoms with Crippen molar-refractivity contribution in [1.82, 2.24) is 4.31 Å². The second-order valence-corrected chi connectivity index (χ2v) is 8.26. The number of para-hydroxylation sites is 1. The van der Waals surface area contributed by atoms with Crippen LogP contribution < -0.4 is 0 Å². The van der Waals surface area contributed by atoms with Gasteiger partial charge in [-0.1, -0.05) is 43.7 Å². The van der Waals surface area contributed by atoms with Crippen molar-refractivity contribution in [3.8, 4) is 0 Å². The Kier molecular flexibility index (Phi) is 7.11. The monoisotopic (exact) mass is 378 g/mol. The molecular formula is C19H26N2O4S. The average molecular weight is 378 g/mol. The number of sulfonamides is 1. The summed E-state index contributed by atoms with van der Waals surface area (Å²) in [7, 11) is -4.03. The van der Waals surface area contributed by atoms with Crippen LogP contribution in [0.15, 0.2) is 54.0 Å². The Labute approximate surface area is 155 Å². The number of hydrogen-bond acceptors (Lipinski definition) is 4. The third kappa shape index (κ3) is 4.40. The summed E-state index contributed by atoms with van der Waals surface area (Å²) in [5, 5.41) is 11.4. The predicted octanol–water partition coefficient (Wildman–Crippen LogP) is 4.44. The minimum Gasteiger partial charge on any atom is -0.258 e. The van der Waals surface area contributed by atoms with Crippen molar-refractivity contribution in [1.29, 1.82) is 0 Å². The molecule has 0 bridgehead atoms. The minimum atomic E-state index is -4.03. The van der Waals surface area contributed by atoms with Crippen LogP contribution in [0.25, 0.3) is 0 Å². The molecule has 2 rings (SSSR count). The molecule has 6 nitrogen and oxygen atoms in total. The molecule has 0 saturated heterocycles. The van der Waals surface area contributed by atoms with Gasteiger partial charge in [-0.3, -0.25) is 10.1 Å². The summed E-state index contributed by atoms with van der Waals surface area (Å²) in [6.07, 6.45) is 10.2. The molecule has 1 aliphatic carbocycles. The van der Waals surface area contributed by atoms with Crippen molar-refractivity contribution >= 4 is 15.7 Å². The highest BCUT2D eigenvalue weighted by atomic mass is 32.2. The average Bonchev–Trinajstić information content (AvgIpc) is 2.63. The standard InChI is InChI=1S/C19H26N2O4S/c1-3-10-16(11-4-2)20(17-12-6-5-7-13-17)26(24,25)19-15-9-8-14-18(19)21(22)23/h3,6,8-9,12,14-17H,1,4-5,7,10-11,13H2,2H3/t16-,17+/m1/s1. The fraction of sp³-hybridized carbons (Fsp3) is 0.474. The van der Waals surface area contributed by atoms with E-state index in [1.54, 1.807) is 6.08 Å². The summed E-state index contributed by atoms with van der Waals surface area (Å²) >= 11 is 0. The van der Waals surface area contributed by atoms with Gasteiger partial charge in [0.15, 0.2) is 4.90 Å². The molecule has 0 amide bonds. The molecule has 0 aromatic heterocycles. The van der Waals surface area contributed by atoms with Gasteiger partial charge in [0.2, 0.25) is 0 Å². The lowest BCUT2D eigenvalue weighted by atomic mass is 10.00. The van der Waals surface area contributed by atoms with Gasteiger partial charge in [-0.15, -0.1) is 6.58 Å². The Morgan fingerprint density at radius 3 is 2.73 bits per heavy atom. The molecule has 7 heteroatoms. The number of nitro benzene ring substituents is 1. The van der Waals surface area contributed by atoms with Crippen LogP contribution >= 0.6 is 0 Å². The molecule has 0 unspecified atom stereocenters. The van der Waals surface area contributed by atoms with Crippen LogP contribution in [0.2, 0.25) is 0 Å². The summed E-state index contributed by atoms with van der Waals surface area (Å²) in [4.78, 5) is 10.5. The van der Waals surface area contributed by atoms with Gasteiger partial charge in [-0.05, 0) is 38.2 Å². The van der Waals surface area contributed by atoms with Gasteiger partial charge >= 0.3 is 0 Å². The Hall–Kier alpha value is -1.99. The zero-order valence-electron chi connectivity index (χ0n) is 15.1. The predicted molar refractivity (Wildman–Crippen MR) is 102 cm³/mol. The van der Waals surface area contributed by atoms with Gasteiger partial charge in [-0.2, -0.15) is 4.31 Å². The summed E-state index contributed by atoms with van der Waals surface area (Å²) in [5.41, 5.74) is -0.383. The zero-order valence-corrected chi connectivity index (χ0v) is 15.9. The van der Waals surface area contributed by atoms with Crippen molar-refractivity contribution in [2.75, 3.05) is 0 Å². The molecule has 26 heavy (non-hydrogen) atoms. The lowest BCUT2D eigenvalue weighted by Gasteiger charge is -2.36. The molecule has 1 aromatic carbocycles. The van der Waals surface area contributed by atoms with E-state index >= 15 is 0 Å². The van der Waals surface area contributed by atoms with Gasteiger partial charge in [-0.25, -0.2) is 8.42 Å². The molecule has 0 N–H and O–H groups in total. The molecule has 0 fully saturated rings. The Bertz CT molecular complexity index is 773. The maximum Gasteiger partial charge on any atom is 0.289 e. The number of rotatable bonds is 9. The van der Waals surface area contributed by atoms with Gasteiger partial charge in [0.1, 0.15) is 0 Å². The molecule has 0 heterocycles. The quantitative estimate of drug-likeness (QED) is 0.361. The fourth-order valence-corrected chi connectivity index (χ4v) is 5.47. The van der Waals surface area contributed by atoms with Crippen molar-refractivity contribution in [3.05, 3.63) is 59.2 Å². The van der Waals surface area contributed by atoms with Crippen LogP contribution in [0.5, 0.6) is 0 Å². The topological polar surface area (TPSA) is 80.5 Å². The van der Waals surface area contributed by atoms with E-state index in [0.717, 1.165) is 19.3 Å². The van der Waals surface area contributed by atoms with Crippen LogP contribution in [0, 0.1) is 10.1 Å². The van der Waals surface area contributed by atoms with Crippen LogP contribution in [-0.2, 0) is 10.0 Å². The third-order valence-electron chi connectivity index (χ3n) is 4.59. The first-order valence-electron chi connectivity index (χ1n) is 8.98. The molecule has 1 aliphatic rings. The highest BCUT2D eigenvalue weighted by molar-refractivity contribution is 7.89. The lowest BCUT2D eigenvalue weighted by Crippen LogP contribution is -2.47. The molecule has 0 saturated carbocycles. The first-order chi connectivity index (χ1) is 12.4. The first kappa shape index (κ1) is 20.3. The van der Waals surface area contributed by atoms with Crippen molar-refractivity contribution in [2.24, 2.45) is 0 Å². The number of allylic oxidation sites excluding steroid dienone is 1. The normalized spacial score (nSPS) is 18.6. The fourth-order valence-electron chi connectivity index (χ4n) is 3.47. The number of nitrogens with zero attached hydrogens (tertiary/aromatic N) is 2. The highest BCUT2D eigenvalue weighted by Gasteiger charge is 2.39. The SMILES string of the molecule is C=CC[C@H](CCC)N([C@H]1C=CCCC1)S(=O)(=O)c1ccccc1[N+](=O)[O-]. The van der Waals surface area contributed by atoms with E-state index in [1.165, 1.54) is 28.6 Å². The summed E-state index contributed by atoms with van der Waals surface area (Å²) in [5.74, 6) is 0. The zero-order chi connectivity index (χ0) is 19.2. The van der Waals surface area contributed by atoms with Crippen LogP contribution in [0.1, 0.15) is 45.4 Å². The van der Waals surface area contributed by atoms with E-state index in [9.17, 15) is 18.5 Å². The smallest absolute Gasteiger partial charge is 0.258 e. The van der Waals surface area contributed by atoms with Crippen LogP contribution in [0.4, 0.5) is 5.69 Å². The maximum absolute atomic E-state index is 13.5. The van der Waals surface area contributed by atoms with Gasteiger partial charge in [0.25, 0.3) is 15.7 Å². The second-order valence-electron chi connectivity index (χ2n) is 6.45. The van der Waals surface area contributed by atoms with Gasteiger partial charge in [0, 0.05) is 18.2 Å². The largest absolute Gasteiger partial charge is 0.289 e. The summed E-state index contributed by atoms with van der Waals surface area (Å²) in [6.45, 7) is 5.77. The summed E-state index contributed by atoms with van der Waals surface area (Å²) in [6, 6.07) is 5.01. The Morgan fingerprint density at radius 1 is 1.42 bits per heavy atom. The van der Waals surface area contributed by atoms with Crippen molar-refractivity contribution < 1.29 is 13.3 Å². The van der Waals surface area contributed by atoms with E-state index in [1.807, 2.05) is 19.1 Å². The second kappa shape index (κ2) is 9.09. The first-order valence-corrected chi connectivity index (χ1v) is 10.4. The Balaban J connectivity index is 2.59. The Morgan fingerprint density at radius 2 is 2.15 bits per heavy atom. The maximum atomic E-state index is 13.5. The van der Waals surface area contributed by atoms with Crippen LogP contribution in [-0.4, -0.2) is 29.7 Å². The minimum absolute atomic E-state index is 0.242. The molecule has 0 aliphatic heterocycles. The van der Waals surface area contributed by atoms with E-state index in [0.29, 0.717) is 19.3 Å². The summed E-state index contributed by atoms with van der Waals surface area (Å²) < 4.78 is 28.5. The number of nitro groups is 1. The lowest BCUT2D eigenvalue weighted by molar-refractivity contribution is -0.387. The molecule has 1 aromatic rings. The molecule has 0 spiro atoms.